The van der Waals surface area contributed by atoms with Crippen molar-refractivity contribution >= 4 is 11.6 Å². The lowest BCUT2D eigenvalue weighted by Gasteiger charge is -2.27. The molecule has 3 rings (SSSR count). The van der Waals surface area contributed by atoms with Crippen molar-refractivity contribution in [1.29, 1.82) is 0 Å². The molecular weight excluding hydrogens is 352 g/mol. The smallest absolute Gasteiger partial charge is 0.281 e. The van der Waals surface area contributed by atoms with Gasteiger partial charge in [0.1, 0.15) is 5.75 Å². The normalized spacial score (nSPS) is 11.8. The first kappa shape index (κ1) is 19.3. The number of hydrazone groups is 1. The van der Waals surface area contributed by atoms with Gasteiger partial charge in [0, 0.05) is 0 Å². The molecule has 28 heavy (non-hydrogen) atoms. The number of aliphatic hydroxyl groups is 1. The van der Waals surface area contributed by atoms with Gasteiger partial charge in [0.25, 0.3) is 5.91 Å². The van der Waals surface area contributed by atoms with Crippen LogP contribution in [0, 0.1) is 0 Å². The molecule has 0 spiro atoms. The number of methoxy groups -OCH3 is 1. The number of nitrogens with one attached hydrogen (secondary N) is 1. The summed E-state index contributed by atoms with van der Waals surface area (Å²) in [5.74, 6) is 0.112. The number of nitrogens with zero attached hydrogens (tertiary/aromatic N) is 1. The molecule has 0 heterocycles. The molecule has 3 aromatic rings. The Morgan fingerprint density at radius 3 is 1.86 bits per heavy atom. The molecule has 1 amide bonds. The van der Waals surface area contributed by atoms with E-state index in [0.29, 0.717) is 16.8 Å². The van der Waals surface area contributed by atoms with E-state index in [-0.39, 0.29) is 0 Å². The lowest BCUT2D eigenvalue weighted by molar-refractivity contribution is -0.136. The molecule has 0 atom stereocenters. The van der Waals surface area contributed by atoms with Gasteiger partial charge in [-0.2, -0.15) is 5.10 Å². The zero-order valence-corrected chi connectivity index (χ0v) is 15.8. The van der Waals surface area contributed by atoms with Gasteiger partial charge < -0.3 is 9.84 Å². The fraction of sp³-hybridized carbons (Fsp3) is 0.130. The van der Waals surface area contributed by atoms with Crippen molar-refractivity contribution in [2.45, 2.75) is 12.5 Å². The fourth-order valence-electron chi connectivity index (χ4n) is 2.90. The molecule has 5 nitrogen and oxygen atoms in total. The van der Waals surface area contributed by atoms with Crippen LogP contribution in [0.5, 0.6) is 5.75 Å². The summed E-state index contributed by atoms with van der Waals surface area (Å²) in [5, 5.41) is 15.6. The van der Waals surface area contributed by atoms with E-state index in [4.69, 9.17) is 4.74 Å². The highest BCUT2D eigenvalue weighted by atomic mass is 16.5. The maximum absolute atomic E-state index is 13.0. The number of rotatable bonds is 6. The van der Waals surface area contributed by atoms with E-state index in [0.717, 1.165) is 11.3 Å². The standard InChI is InChI=1S/C23H22N2O3/c1-17(18-13-15-21(28-2)16-14-18)24-25-22(26)23(27,19-9-5-3-6-10-19)20-11-7-4-8-12-20/h3-16,27H,1-2H3,(H,25,26). The number of benzene rings is 3. The topological polar surface area (TPSA) is 70.9 Å². The van der Waals surface area contributed by atoms with Gasteiger partial charge >= 0.3 is 0 Å². The van der Waals surface area contributed by atoms with Crippen molar-refractivity contribution in [3.8, 4) is 5.75 Å². The zero-order chi connectivity index (χ0) is 20.0. The van der Waals surface area contributed by atoms with Crippen LogP contribution < -0.4 is 10.2 Å². The Hall–Kier alpha value is -3.44. The van der Waals surface area contributed by atoms with Crippen LogP contribution in [-0.4, -0.2) is 23.8 Å². The van der Waals surface area contributed by atoms with Crippen LogP contribution in [0.4, 0.5) is 0 Å². The SMILES string of the molecule is COc1ccc(C(C)=NNC(=O)C(O)(c2ccccc2)c2ccccc2)cc1. The van der Waals surface area contributed by atoms with Gasteiger partial charge in [-0.15, -0.1) is 0 Å². The average Bonchev–Trinajstić information content (AvgIpc) is 2.77. The van der Waals surface area contributed by atoms with E-state index in [1.165, 1.54) is 0 Å². The summed E-state index contributed by atoms with van der Waals surface area (Å²) >= 11 is 0. The van der Waals surface area contributed by atoms with Crippen molar-refractivity contribution in [3.05, 3.63) is 102 Å². The van der Waals surface area contributed by atoms with Gasteiger partial charge in [0.15, 0.2) is 5.60 Å². The molecule has 0 bridgehead atoms. The van der Waals surface area contributed by atoms with Crippen LogP contribution in [0.25, 0.3) is 0 Å². The van der Waals surface area contributed by atoms with Crippen LogP contribution in [0.15, 0.2) is 90.0 Å². The Labute approximate surface area is 164 Å². The number of amides is 1. The molecule has 2 N–H and O–H groups in total. The average molecular weight is 374 g/mol. The van der Waals surface area contributed by atoms with E-state index in [1.54, 1.807) is 62.6 Å². The lowest BCUT2D eigenvalue weighted by Crippen LogP contribution is -2.43. The molecular formula is C23H22N2O3. The Bertz CT molecular complexity index is 913. The molecule has 0 saturated heterocycles. The van der Waals surface area contributed by atoms with E-state index in [2.05, 4.69) is 10.5 Å². The first-order chi connectivity index (χ1) is 13.6. The van der Waals surface area contributed by atoms with Crippen molar-refractivity contribution in [2.24, 2.45) is 5.10 Å². The third-order valence-corrected chi connectivity index (χ3v) is 4.54. The van der Waals surface area contributed by atoms with E-state index in [1.807, 2.05) is 36.4 Å². The van der Waals surface area contributed by atoms with Crippen LogP contribution >= 0.6 is 0 Å². The van der Waals surface area contributed by atoms with Gasteiger partial charge in [-0.3, -0.25) is 4.79 Å². The molecule has 0 saturated carbocycles. The zero-order valence-electron chi connectivity index (χ0n) is 15.8. The number of hydrogen-bond acceptors (Lipinski definition) is 4. The van der Waals surface area contributed by atoms with Crippen LogP contribution in [0.3, 0.4) is 0 Å². The van der Waals surface area contributed by atoms with E-state index < -0.39 is 11.5 Å². The third-order valence-electron chi connectivity index (χ3n) is 4.54. The van der Waals surface area contributed by atoms with Crippen LogP contribution in [0.2, 0.25) is 0 Å². The minimum absolute atomic E-state index is 0.469. The van der Waals surface area contributed by atoms with Crippen LogP contribution in [0.1, 0.15) is 23.6 Å². The third kappa shape index (κ3) is 3.94. The summed E-state index contributed by atoms with van der Waals surface area (Å²) in [5.41, 5.74) is 3.04. The summed E-state index contributed by atoms with van der Waals surface area (Å²) in [6.07, 6.45) is 0. The summed E-state index contributed by atoms with van der Waals surface area (Å²) in [6, 6.07) is 25.0. The minimum Gasteiger partial charge on any atom is -0.497 e. The first-order valence-corrected chi connectivity index (χ1v) is 8.88. The number of carbonyl (C=O) groups excluding carboxylic acids is 1. The van der Waals surface area contributed by atoms with Gasteiger partial charge in [-0.1, -0.05) is 60.7 Å². The largest absolute Gasteiger partial charge is 0.497 e. The molecule has 142 valence electrons. The maximum atomic E-state index is 13.0. The Morgan fingerprint density at radius 2 is 1.39 bits per heavy atom. The van der Waals surface area contributed by atoms with Gasteiger partial charge in [-0.25, -0.2) is 5.43 Å². The molecule has 0 unspecified atom stereocenters. The molecule has 0 fully saturated rings. The predicted molar refractivity (Wildman–Crippen MR) is 109 cm³/mol. The summed E-state index contributed by atoms with van der Waals surface area (Å²) < 4.78 is 5.15. The van der Waals surface area contributed by atoms with E-state index in [9.17, 15) is 9.90 Å². The summed E-state index contributed by atoms with van der Waals surface area (Å²) in [6.45, 7) is 1.78. The molecule has 0 aliphatic rings. The van der Waals surface area contributed by atoms with Crippen molar-refractivity contribution in [2.75, 3.05) is 7.11 Å². The molecule has 0 aliphatic heterocycles. The molecule has 0 aromatic heterocycles. The number of ether oxygens (including phenoxy) is 1. The molecule has 3 aromatic carbocycles. The maximum Gasteiger partial charge on any atom is 0.281 e. The lowest BCUT2D eigenvalue weighted by atomic mass is 9.85. The molecule has 0 aliphatic carbocycles. The van der Waals surface area contributed by atoms with E-state index >= 15 is 0 Å². The summed E-state index contributed by atoms with van der Waals surface area (Å²) in [4.78, 5) is 13.0. The number of hydrogen-bond donors (Lipinski definition) is 2. The van der Waals surface area contributed by atoms with Crippen molar-refractivity contribution in [3.63, 3.8) is 0 Å². The predicted octanol–water partition coefficient (Wildman–Crippen LogP) is 3.47. The van der Waals surface area contributed by atoms with Crippen molar-refractivity contribution in [1.82, 2.24) is 5.43 Å². The second-order valence-corrected chi connectivity index (χ2v) is 6.31. The van der Waals surface area contributed by atoms with Gasteiger partial charge in [0.2, 0.25) is 0 Å². The Morgan fingerprint density at radius 1 is 0.893 bits per heavy atom. The highest BCUT2D eigenvalue weighted by molar-refractivity contribution is 6.00. The second-order valence-electron chi connectivity index (χ2n) is 6.31. The second kappa shape index (κ2) is 8.50. The molecule has 5 heteroatoms. The Balaban J connectivity index is 1.90. The highest BCUT2D eigenvalue weighted by Crippen LogP contribution is 2.29. The van der Waals surface area contributed by atoms with Crippen LogP contribution in [-0.2, 0) is 10.4 Å². The quantitative estimate of drug-likeness (QED) is 0.513. The highest BCUT2D eigenvalue weighted by Gasteiger charge is 2.39. The number of carbonyl (C=O) groups is 1. The minimum atomic E-state index is -1.85. The van der Waals surface area contributed by atoms with Crippen molar-refractivity contribution < 1.29 is 14.6 Å². The van der Waals surface area contributed by atoms with Gasteiger partial charge in [0.05, 0.1) is 12.8 Å². The monoisotopic (exact) mass is 374 g/mol. The molecule has 0 radical (unpaired) electrons. The summed E-state index contributed by atoms with van der Waals surface area (Å²) in [7, 11) is 1.60. The first-order valence-electron chi connectivity index (χ1n) is 8.88. The van der Waals surface area contributed by atoms with Gasteiger partial charge in [-0.05, 0) is 47.9 Å². The Kier molecular flexibility index (Phi) is 5.87. The fourth-order valence-corrected chi connectivity index (χ4v) is 2.90.